The van der Waals surface area contributed by atoms with Crippen LogP contribution in [0.3, 0.4) is 0 Å². The van der Waals surface area contributed by atoms with Gasteiger partial charge in [-0.3, -0.25) is 4.79 Å². The molecule has 0 fully saturated rings. The molecule has 0 radical (unpaired) electrons. The summed E-state index contributed by atoms with van der Waals surface area (Å²) in [6.07, 6.45) is -0.318. The Labute approximate surface area is 156 Å². The summed E-state index contributed by atoms with van der Waals surface area (Å²) >= 11 is 0. The van der Waals surface area contributed by atoms with Gasteiger partial charge in [0.25, 0.3) is 0 Å². The summed E-state index contributed by atoms with van der Waals surface area (Å²) in [5, 5.41) is 0. The molecule has 0 spiro atoms. The molecule has 1 aromatic rings. The summed E-state index contributed by atoms with van der Waals surface area (Å²) in [5.41, 5.74) is 0.318. The summed E-state index contributed by atoms with van der Waals surface area (Å²) < 4.78 is 11.7. The smallest absolute Gasteiger partial charge is 0.410 e. The van der Waals surface area contributed by atoms with Crippen LogP contribution in [0.25, 0.3) is 0 Å². The Balaban J connectivity index is 2.21. The summed E-state index contributed by atoms with van der Waals surface area (Å²) in [4.78, 5) is 28.0. The standard InChI is InChI=1S/C20H30N2O4/c1-14-12-21(5)18(23)11-15-9-7-8-10-16(15)25-17(14)13-22(6)19(24)26-20(2,3)4/h7-10,14,17H,11-13H2,1-6H3/t14-,17+/m0/s1. The van der Waals surface area contributed by atoms with Crippen molar-refractivity contribution in [1.82, 2.24) is 9.80 Å². The van der Waals surface area contributed by atoms with Gasteiger partial charge in [0.2, 0.25) is 5.91 Å². The predicted octanol–water partition coefficient (Wildman–Crippen LogP) is 2.95. The predicted molar refractivity (Wildman–Crippen MR) is 100 cm³/mol. The number of rotatable bonds is 2. The molecule has 0 N–H and O–H groups in total. The number of fused-ring (bicyclic) bond motifs is 1. The molecule has 0 saturated heterocycles. The summed E-state index contributed by atoms with van der Waals surface area (Å²) in [6, 6.07) is 7.58. The van der Waals surface area contributed by atoms with Crippen LogP contribution in [0.4, 0.5) is 4.79 Å². The molecule has 6 nitrogen and oxygen atoms in total. The van der Waals surface area contributed by atoms with E-state index in [2.05, 4.69) is 0 Å². The minimum Gasteiger partial charge on any atom is -0.488 e. The Bertz CT molecular complexity index is 653. The first-order chi connectivity index (χ1) is 12.1. The van der Waals surface area contributed by atoms with Gasteiger partial charge in [0.1, 0.15) is 17.5 Å². The molecule has 0 aromatic heterocycles. The molecule has 1 heterocycles. The van der Waals surface area contributed by atoms with Gasteiger partial charge in [-0.05, 0) is 26.8 Å². The van der Waals surface area contributed by atoms with Gasteiger partial charge >= 0.3 is 6.09 Å². The maximum Gasteiger partial charge on any atom is 0.410 e. The second-order valence-corrected chi connectivity index (χ2v) is 8.05. The SMILES string of the molecule is C[C@H]1CN(C)C(=O)Cc2ccccc2O[C@@H]1CN(C)C(=O)OC(C)(C)C. The number of amides is 2. The van der Waals surface area contributed by atoms with Crippen LogP contribution in [0.1, 0.15) is 33.3 Å². The highest BCUT2D eigenvalue weighted by atomic mass is 16.6. The lowest BCUT2D eigenvalue weighted by Crippen LogP contribution is -2.45. The zero-order valence-electron chi connectivity index (χ0n) is 16.6. The lowest BCUT2D eigenvalue weighted by Gasteiger charge is -2.31. The first kappa shape index (κ1) is 20.1. The molecule has 2 atom stereocenters. The first-order valence-electron chi connectivity index (χ1n) is 8.99. The monoisotopic (exact) mass is 362 g/mol. The Morgan fingerprint density at radius 1 is 1.35 bits per heavy atom. The van der Waals surface area contributed by atoms with E-state index in [1.165, 1.54) is 4.90 Å². The summed E-state index contributed by atoms with van der Waals surface area (Å²) in [6.45, 7) is 8.51. The molecule has 0 saturated carbocycles. The third-order valence-electron chi connectivity index (χ3n) is 4.37. The molecule has 1 aliphatic heterocycles. The number of nitrogens with zero attached hydrogens (tertiary/aromatic N) is 2. The van der Waals surface area contributed by atoms with E-state index < -0.39 is 5.60 Å². The van der Waals surface area contributed by atoms with Crippen molar-refractivity contribution in [2.45, 2.75) is 45.8 Å². The fraction of sp³-hybridized carbons (Fsp3) is 0.600. The number of carbonyl (C=O) groups is 2. The highest BCUT2D eigenvalue weighted by Gasteiger charge is 2.29. The topological polar surface area (TPSA) is 59.1 Å². The van der Waals surface area contributed by atoms with Gasteiger partial charge < -0.3 is 19.3 Å². The van der Waals surface area contributed by atoms with Crippen LogP contribution in [-0.2, 0) is 16.0 Å². The number of hydrogen-bond donors (Lipinski definition) is 0. The van der Waals surface area contributed by atoms with Gasteiger partial charge in [0.15, 0.2) is 0 Å². The highest BCUT2D eigenvalue weighted by molar-refractivity contribution is 5.79. The molecule has 0 bridgehead atoms. The van der Waals surface area contributed by atoms with E-state index in [4.69, 9.17) is 9.47 Å². The van der Waals surface area contributed by atoms with Crippen molar-refractivity contribution in [2.75, 3.05) is 27.2 Å². The van der Waals surface area contributed by atoms with Crippen LogP contribution in [0, 0.1) is 5.92 Å². The third-order valence-corrected chi connectivity index (χ3v) is 4.37. The fourth-order valence-electron chi connectivity index (χ4n) is 2.89. The van der Waals surface area contributed by atoms with Gasteiger partial charge in [-0.2, -0.15) is 0 Å². The van der Waals surface area contributed by atoms with Crippen molar-refractivity contribution in [3.05, 3.63) is 29.8 Å². The average molecular weight is 362 g/mol. The number of para-hydroxylation sites is 1. The van der Waals surface area contributed by atoms with E-state index in [9.17, 15) is 9.59 Å². The van der Waals surface area contributed by atoms with Crippen molar-refractivity contribution in [2.24, 2.45) is 5.92 Å². The molecule has 2 rings (SSSR count). The van der Waals surface area contributed by atoms with Crippen molar-refractivity contribution in [3.8, 4) is 5.75 Å². The number of likely N-dealkylation sites (N-methyl/N-ethyl adjacent to an activating group) is 2. The minimum absolute atomic E-state index is 0.0555. The zero-order valence-corrected chi connectivity index (χ0v) is 16.6. The van der Waals surface area contributed by atoms with Crippen LogP contribution in [0.15, 0.2) is 24.3 Å². The quantitative estimate of drug-likeness (QED) is 0.812. The lowest BCUT2D eigenvalue weighted by molar-refractivity contribution is -0.129. The van der Waals surface area contributed by atoms with Crippen molar-refractivity contribution >= 4 is 12.0 Å². The second kappa shape index (κ2) is 7.98. The molecule has 144 valence electrons. The number of benzene rings is 1. The Hall–Kier alpha value is -2.24. The van der Waals surface area contributed by atoms with Crippen LogP contribution in [0.2, 0.25) is 0 Å². The van der Waals surface area contributed by atoms with Gasteiger partial charge in [0.05, 0.1) is 13.0 Å². The maximum absolute atomic E-state index is 12.4. The molecular weight excluding hydrogens is 332 g/mol. The van der Waals surface area contributed by atoms with Crippen molar-refractivity contribution < 1.29 is 19.1 Å². The average Bonchev–Trinajstić information content (AvgIpc) is 2.56. The van der Waals surface area contributed by atoms with E-state index in [0.29, 0.717) is 25.3 Å². The second-order valence-electron chi connectivity index (χ2n) is 8.05. The van der Waals surface area contributed by atoms with Gasteiger partial charge in [-0.25, -0.2) is 4.79 Å². The summed E-state index contributed by atoms with van der Waals surface area (Å²) in [5.74, 6) is 0.819. The Morgan fingerprint density at radius 2 is 2.00 bits per heavy atom. The number of hydrogen-bond acceptors (Lipinski definition) is 4. The zero-order chi connectivity index (χ0) is 19.5. The Kier molecular flexibility index (Phi) is 6.16. The molecule has 2 amide bonds. The molecule has 1 aromatic carbocycles. The lowest BCUT2D eigenvalue weighted by atomic mass is 10.0. The van der Waals surface area contributed by atoms with Crippen LogP contribution >= 0.6 is 0 Å². The minimum atomic E-state index is -0.546. The molecule has 6 heteroatoms. The van der Waals surface area contributed by atoms with E-state index >= 15 is 0 Å². The van der Waals surface area contributed by atoms with Gasteiger partial charge in [0, 0.05) is 32.1 Å². The van der Waals surface area contributed by atoms with Crippen molar-refractivity contribution in [1.29, 1.82) is 0 Å². The molecule has 26 heavy (non-hydrogen) atoms. The third kappa shape index (κ3) is 5.38. The molecule has 1 aliphatic rings. The fourth-order valence-corrected chi connectivity index (χ4v) is 2.89. The molecule has 0 aliphatic carbocycles. The molecule has 0 unspecified atom stereocenters. The van der Waals surface area contributed by atoms with E-state index in [0.717, 1.165) is 5.56 Å². The van der Waals surface area contributed by atoms with Crippen LogP contribution in [0.5, 0.6) is 5.75 Å². The molecular formula is C20H30N2O4. The van der Waals surface area contributed by atoms with Gasteiger partial charge in [-0.15, -0.1) is 0 Å². The highest BCUT2D eigenvalue weighted by Crippen LogP contribution is 2.25. The van der Waals surface area contributed by atoms with Gasteiger partial charge in [-0.1, -0.05) is 25.1 Å². The normalized spacial score (nSPS) is 21.0. The maximum atomic E-state index is 12.4. The van der Waals surface area contributed by atoms with E-state index in [-0.39, 0.29) is 24.0 Å². The largest absolute Gasteiger partial charge is 0.488 e. The van der Waals surface area contributed by atoms with Crippen molar-refractivity contribution in [3.63, 3.8) is 0 Å². The van der Waals surface area contributed by atoms with E-state index in [1.807, 2.05) is 52.0 Å². The summed E-state index contributed by atoms with van der Waals surface area (Å²) in [7, 11) is 3.51. The Morgan fingerprint density at radius 3 is 2.65 bits per heavy atom. The van der Waals surface area contributed by atoms with E-state index in [1.54, 1.807) is 19.0 Å². The van der Waals surface area contributed by atoms with Crippen LogP contribution in [-0.4, -0.2) is 60.7 Å². The first-order valence-corrected chi connectivity index (χ1v) is 8.99. The van der Waals surface area contributed by atoms with Crippen LogP contribution < -0.4 is 4.74 Å². The number of carbonyl (C=O) groups excluding carboxylic acids is 2. The number of ether oxygens (including phenoxy) is 2.